The van der Waals surface area contributed by atoms with Gasteiger partial charge in [0, 0.05) is 0 Å². The third kappa shape index (κ3) is 2.01. The molecule has 0 heterocycles. The Morgan fingerprint density at radius 3 is 2.62 bits per heavy atom. The number of phenolic OH excluding ortho intramolecular Hbond substituents is 1. The number of ketones is 1. The summed E-state index contributed by atoms with van der Waals surface area (Å²) in [6, 6.07) is 5.19. The Morgan fingerprint density at radius 1 is 1.38 bits per heavy atom. The monoisotopic (exact) mass is 218 g/mol. The van der Waals surface area contributed by atoms with Gasteiger partial charge in [-0.15, -0.1) is 0 Å². The number of allylic oxidation sites excluding steroid dienone is 1. The van der Waals surface area contributed by atoms with Crippen LogP contribution in [-0.4, -0.2) is 10.9 Å². The summed E-state index contributed by atoms with van der Waals surface area (Å²) in [6.45, 7) is 9.73. The Bertz CT molecular complexity index is 419. The van der Waals surface area contributed by atoms with Gasteiger partial charge in [0.2, 0.25) is 0 Å². The van der Waals surface area contributed by atoms with E-state index in [4.69, 9.17) is 0 Å². The number of hydrogen-bond donors (Lipinski definition) is 1. The molecule has 0 saturated heterocycles. The first-order chi connectivity index (χ1) is 7.61. The first-order valence-corrected chi connectivity index (χ1v) is 5.65. The van der Waals surface area contributed by atoms with Gasteiger partial charge < -0.3 is 5.11 Å². The largest absolute Gasteiger partial charge is 0.507 e. The van der Waals surface area contributed by atoms with Crippen molar-refractivity contribution in [3.63, 3.8) is 0 Å². The van der Waals surface area contributed by atoms with E-state index in [1.807, 2.05) is 26.8 Å². The van der Waals surface area contributed by atoms with Gasteiger partial charge in [-0.05, 0) is 29.5 Å². The first kappa shape index (κ1) is 12.5. The lowest BCUT2D eigenvalue weighted by atomic mass is 9.80. The molecule has 1 aromatic carbocycles. The molecule has 0 fully saturated rings. The molecule has 0 bridgehead atoms. The van der Waals surface area contributed by atoms with E-state index in [0.717, 1.165) is 12.0 Å². The van der Waals surface area contributed by atoms with E-state index in [1.165, 1.54) is 0 Å². The van der Waals surface area contributed by atoms with Crippen molar-refractivity contribution in [1.29, 1.82) is 0 Å². The third-order valence-corrected chi connectivity index (χ3v) is 2.77. The second-order valence-corrected chi connectivity index (χ2v) is 3.77. The molecule has 1 atom stereocenters. The van der Waals surface area contributed by atoms with Crippen LogP contribution in [0.15, 0.2) is 30.4 Å². The van der Waals surface area contributed by atoms with Gasteiger partial charge in [0.25, 0.3) is 0 Å². The molecule has 0 radical (unpaired) electrons. The van der Waals surface area contributed by atoms with Gasteiger partial charge in [0.15, 0.2) is 5.78 Å². The Balaban J connectivity index is 0.000000606. The van der Waals surface area contributed by atoms with Crippen molar-refractivity contribution in [2.24, 2.45) is 5.92 Å². The van der Waals surface area contributed by atoms with Gasteiger partial charge in [-0.25, -0.2) is 0 Å². The molecule has 86 valence electrons. The summed E-state index contributed by atoms with van der Waals surface area (Å²) in [4.78, 5) is 11.8. The van der Waals surface area contributed by atoms with Crippen molar-refractivity contribution < 1.29 is 9.90 Å². The molecule has 16 heavy (non-hydrogen) atoms. The van der Waals surface area contributed by atoms with Crippen LogP contribution in [-0.2, 0) is 6.42 Å². The smallest absolute Gasteiger partial charge is 0.192 e. The van der Waals surface area contributed by atoms with Crippen LogP contribution in [0.5, 0.6) is 5.75 Å². The molecule has 1 aliphatic carbocycles. The highest BCUT2D eigenvalue weighted by atomic mass is 16.3. The average molecular weight is 218 g/mol. The maximum atomic E-state index is 11.8. The zero-order valence-electron chi connectivity index (χ0n) is 10.1. The quantitative estimate of drug-likeness (QED) is 0.678. The lowest BCUT2D eigenvalue weighted by Gasteiger charge is -2.23. The molecule has 0 aliphatic heterocycles. The number of fused-ring (bicyclic) bond motifs is 1. The van der Waals surface area contributed by atoms with Crippen LogP contribution in [0.1, 0.15) is 36.7 Å². The van der Waals surface area contributed by atoms with E-state index in [0.29, 0.717) is 11.1 Å². The summed E-state index contributed by atoms with van der Waals surface area (Å²) in [6.07, 6.45) is 0.786. The lowest BCUT2D eigenvalue weighted by molar-refractivity contribution is 0.101. The topological polar surface area (TPSA) is 37.3 Å². The molecule has 2 rings (SSSR count). The minimum atomic E-state index is -0.114. The summed E-state index contributed by atoms with van der Waals surface area (Å²) < 4.78 is 0. The van der Waals surface area contributed by atoms with Gasteiger partial charge in [-0.2, -0.15) is 0 Å². The summed E-state index contributed by atoms with van der Waals surface area (Å²) in [5.74, 6) is 0.134. The van der Waals surface area contributed by atoms with Crippen LogP contribution in [0.25, 0.3) is 0 Å². The summed E-state index contributed by atoms with van der Waals surface area (Å²) >= 11 is 0. The van der Waals surface area contributed by atoms with Crippen LogP contribution in [0.3, 0.4) is 0 Å². The van der Waals surface area contributed by atoms with Crippen molar-refractivity contribution in [3.05, 3.63) is 41.5 Å². The Morgan fingerprint density at radius 2 is 2.00 bits per heavy atom. The predicted octanol–water partition coefficient (Wildman–Crippen LogP) is 3.35. The number of carbonyl (C=O) groups is 1. The number of Topliss-reactive ketones (excluding diaryl/α,β-unsaturated/α-hetero) is 1. The number of rotatable bonds is 0. The second-order valence-electron chi connectivity index (χ2n) is 3.77. The highest BCUT2D eigenvalue weighted by molar-refractivity contribution is 6.12. The fourth-order valence-corrected chi connectivity index (χ4v) is 1.86. The average Bonchev–Trinajstić information content (AvgIpc) is 2.28. The highest BCUT2D eigenvalue weighted by Gasteiger charge is 2.27. The zero-order valence-corrected chi connectivity index (χ0v) is 10.1. The maximum Gasteiger partial charge on any atom is 0.192 e. The third-order valence-electron chi connectivity index (χ3n) is 2.77. The molecule has 0 aromatic heterocycles. The molecular formula is C14H18O2. The molecule has 0 amide bonds. The number of phenols is 1. The van der Waals surface area contributed by atoms with Crippen LogP contribution in [0, 0.1) is 5.92 Å². The molecule has 1 N–H and O–H groups in total. The SMILES string of the molecule is C=C1C(=O)c2c(O)cccc2CC1C.CC. The standard InChI is InChI=1S/C12H12O2.C2H6/c1-7-6-9-4-3-5-10(13)11(9)12(14)8(7)2;1-2/h3-5,7,13H,2,6H2,1H3;1-2H3. The van der Waals surface area contributed by atoms with Gasteiger partial charge in [0.05, 0.1) is 5.56 Å². The number of carbonyl (C=O) groups excluding carboxylic acids is 1. The number of aromatic hydroxyl groups is 1. The summed E-state index contributed by atoms with van der Waals surface area (Å²) in [5.41, 5.74) is 1.96. The van der Waals surface area contributed by atoms with E-state index in [1.54, 1.807) is 12.1 Å². The Labute approximate surface area is 96.6 Å². The van der Waals surface area contributed by atoms with Crippen molar-refractivity contribution in [3.8, 4) is 5.75 Å². The molecule has 1 aromatic rings. The molecule has 2 heteroatoms. The fraction of sp³-hybridized carbons (Fsp3) is 0.357. The van der Waals surface area contributed by atoms with Gasteiger partial charge >= 0.3 is 0 Å². The van der Waals surface area contributed by atoms with E-state index < -0.39 is 0 Å². The first-order valence-electron chi connectivity index (χ1n) is 5.65. The van der Waals surface area contributed by atoms with E-state index in [2.05, 4.69) is 6.58 Å². The van der Waals surface area contributed by atoms with E-state index >= 15 is 0 Å². The normalized spacial score (nSPS) is 18.6. The van der Waals surface area contributed by atoms with Gasteiger partial charge in [0.1, 0.15) is 5.75 Å². The highest BCUT2D eigenvalue weighted by Crippen LogP contribution is 2.33. The molecule has 0 spiro atoms. The zero-order chi connectivity index (χ0) is 12.3. The van der Waals surface area contributed by atoms with Crippen molar-refractivity contribution >= 4 is 5.78 Å². The van der Waals surface area contributed by atoms with Crippen LogP contribution >= 0.6 is 0 Å². The second kappa shape index (κ2) is 4.97. The van der Waals surface area contributed by atoms with E-state index in [9.17, 15) is 9.90 Å². The van der Waals surface area contributed by atoms with Crippen LogP contribution in [0.2, 0.25) is 0 Å². The minimum Gasteiger partial charge on any atom is -0.507 e. The molecule has 0 saturated carbocycles. The fourth-order valence-electron chi connectivity index (χ4n) is 1.86. The minimum absolute atomic E-state index is 0.0700. The molecule has 1 unspecified atom stereocenters. The van der Waals surface area contributed by atoms with E-state index in [-0.39, 0.29) is 17.5 Å². The van der Waals surface area contributed by atoms with Gasteiger partial charge in [-0.1, -0.05) is 39.5 Å². The van der Waals surface area contributed by atoms with Crippen molar-refractivity contribution in [2.75, 3.05) is 0 Å². The number of benzene rings is 1. The van der Waals surface area contributed by atoms with Crippen LogP contribution < -0.4 is 0 Å². The van der Waals surface area contributed by atoms with Crippen molar-refractivity contribution in [1.82, 2.24) is 0 Å². The number of hydrogen-bond acceptors (Lipinski definition) is 2. The lowest BCUT2D eigenvalue weighted by Crippen LogP contribution is -2.20. The van der Waals surface area contributed by atoms with Crippen LogP contribution in [0.4, 0.5) is 0 Å². The summed E-state index contributed by atoms with van der Waals surface area (Å²) in [5, 5.41) is 9.57. The van der Waals surface area contributed by atoms with Gasteiger partial charge in [-0.3, -0.25) is 4.79 Å². The maximum absolute atomic E-state index is 11.8. The Kier molecular flexibility index (Phi) is 3.88. The summed E-state index contributed by atoms with van der Waals surface area (Å²) in [7, 11) is 0. The molecule has 2 nitrogen and oxygen atoms in total. The van der Waals surface area contributed by atoms with Crippen molar-refractivity contribution in [2.45, 2.75) is 27.2 Å². The predicted molar refractivity (Wildman–Crippen MR) is 65.8 cm³/mol. The Hall–Kier alpha value is -1.57. The molecular weight excluding hydrogens is 200 g/mol. The molecule has 1 aliphatic rings.